The van der Waals surface area contributed by atoms with Crippen molar-refractivity contribution in [1.82, 2.24) is 0 Å². The van der Waals surface area contributed by atoms with E-state index in [1.54, 1.807) is 0 Å². The molecule has 0 spiro atoms. The summed E-state index contributed by atoms with van der Waals surface area (Å²) in [5.41, 5.74) is 5.55. The lowest BCUT2D eigenvalue weighted by Crippen LogP contribution is -2.37. The van der Waals surface area contributed by atoms with Gasteiger partial charge in [-0.05, 0) is 6.42 Å². The van der Waals surface area contributed by atoms with Crippen molar-refractivity contribution in [3.8, 4) is 0 Å². The first-order chi connectivity index (χ1) is 11.0. The van der Waals surface area contributed by atoms with E-state index in [1.165, 1.54) is 38.5 Å². The second kappa shape index (κ2) is 16.3. The quantitative estimate of drug-likeness (QED) is 0.375. The van der Waals surface area contributed by atoms with Gasteiger partial charge in [0.1, 0.15) is 0 Å². The van der Waals surface area contributed by atoms with Crippen molar-refractivity contribution < 1.29 is 13.0 Å². The van der Waals surface area contributed by atoms with Crippen molar-refractivity contribution >= 4 is 0 Å². The first-order valence-electron chi connectivity index (χ1n) is 10.1. The molecule has 0 rings (SSSR count). The highest BCUT2D eigenvalue weighted by Crippen LogP contribution is 2.13. The van der Waals surface area contributed by atoms with Crippen LogP contribution >= 0.6 is 0 Å². The molecule has 0 amide bonds. The van der Waals surface area contributed by atoms with Gasteiger partial charge < -0.3 is 15.9 Å². The SMILES string of the molecule is [2H][C@H](CCCCCCCCC)[C@@H]([2H])CCCC[C@@H](O)[C@@H](N)CO. The highest BCUT2D eigenvalue weighted by Gasteiger charge is 2.12. The Hall–Kier alpha value is -0.120. The Morgan fingerprint density at radius 1 is 0.857 bits per heavy atom. The zero-order valence-electron chi connectivity index (χ0n) is 16.0. The molecule has 0 heterocycles. The van der Waals surface area contributed by atoms with Crippen LogP contribution in [0.5, 0.6) is 0 Å². The molecule has 21 heavy (non-hydrogen) atoms. The number of unbranched alkanes of at least 4 members (excludes halogenated alkanes) is 7. The highest BCUT2D eigenvalue weighted by molar-refractivity contribution is 4.70. The van der Waals surface area contributed by atoms with Gasteiger partial charge in [-0.3, -0.25) is 0 Å². The molecule has 0 aliphatic heterocycles. The molecule has 0 fully saturated rings. The molecule has 0 saturated carbocycles. The second-order valence-corrected chi connectivity index (χ2v) is 6.08. The molecule has 3 nitrogen and oxygen atoms in total. The van der Waals surface area contributed by atoms with Gasteiger partial charge in [0, 0.05) is 2.74 Å². The van der Waals surface area contributed by atoms with Gasteiger partial charge in [-0.15, -0.1) is 0 Å². The normalized spacial score (nSPS) is 18.7. The number of aliphatic hydroxyl groups excluding tert-OH is 2. The second-order valence-electron chi connectivity index (χ2n) is 6.08. The predicted molar refractivity (Wildman–Crippen MR) is 91.4 cm³/mol. The first-order valence-corrected chi connectivity index (χ1v) is 8.91. The summed E-state index contributed by atoms with van der Waals surface area (Å²) in [6.45, 7) is 2.02. The maximum absolute atomic E-state index is 9.64. The number of hydrogen-bond donors (Lipinski definition) is 3. The van der Waals surface area contributed by atoms with Gasteiger partial charge in [0.05, 0.1) is 18.8 Å². The lowest BCUT2D eigenvalue weighted by Gasteiger charge is -2.15. The summed E-state index contributed by atoms with van der Waals surface area (Å²) >= 11 is 0. The first kappa shape index (κ1) is 17.2. The third-order valence-electron chi connectivity index (χ3n) is 3.97. The zero-order chi connectivity index (χ0) is 17.5. The average molecular weight is 304 g/mol. The molecular formula is C18H39NO2. The summed E-state index contributed by atoms with van der Waals surface area (Å²) in [5, 5.41) is 18.5. The maximum Gasteiger partial charge on any atom is 0.0713 e. The Bertz CT molecular complexity index is 257. The van der Waals surface area contributed by atoms with Gasteiger partial charge in [-0.25, -0.2) is 0 Å². The largest absolute Gasteiger partial charge is 0.395 e. The fourth-order valence-electron chi connectivity index (χ4n) is 2.41. The van der Waals surface area contributed by atoms with Crippen LogP contribution in [0.25, 0.3) is 0 Å². The van der Waals surface area contributed by atoms with Crippen LogP contribution in [-0.4, -0.2) is 29.0 Å². The van der Waals surface area contributed by atoms with Crippen LogP contribution in [0.15, 0.2) is 0 Å². The lowest BCUT2D eigenvalue weighted by atomic mass is 10.0. The number of aliphatic hydroxyl groups is 2. The van der Waals surface area contributed by atoms with Crippen LogP contribution in [0.1, 0.15) is 99.5 Å². The van der Waals surface area contributed by atoms with Crippen LogP contribution in [0, 0.1) is 0 Å². The summed E-state index contributed by atoms with van der Waals surface area (Å²) in [4.78, 5) is 0. The monoisotopic (exact) mass is 303 g/mol. The van der Waals surface area contributed by atoms with Gasteiger partial charge >= 0.3 is 0 Å². The number of nitrogens with two attached hydrogens (primary N) is 1. The van der Waals surface area contributed by atoms with Crippen molar-refractivity contribution in [1.29, 1.82) is 0 Å². The fourth-order valence-corrected chi connectivity index (χ4v) is 2.41. The molecule has 0 radical (unpaired) electrons. The standard InChI is InChI=1S/C18H39NO2/c1-2-3-4-5-6-7-8-9-10-11-12-13-14-15-18(21)17(19)16-20/h17-18,20-21H,2-16,19H2,1H3/t17-,18+/m0/s1/i10D,11D/t10-,11-,17+,18-/m1. The molecule has 128 valence electrons. The van der Waals surface area contributed by atoms with Crippen LogP contribution in [0.3, 0.4) is 0 Å². The Kier molecular flexibility index (Phi) is 13.3. The summed E-state index contributed by atoms with van der Waals surface area (Å²) < 4.78 is 16.1. The topological polar surface area (TPSA) is 66.5 Å². The van der Waals surface area contributed by atoms with Crippen molar-refractivity contribution in [2.24, 2.45) is 5.73 Å². The Labute approximate surface area is 135 Å². The van der Waals surface area contributed by atoms with E-state index in [4.69, 9.17) is 13.6 Å². The van der Waals surface area contributed by atoms with Crippen molar-refractivity contribution in [3.05, 3.63) is 0 Å². The van der Waals surface area contributed by atoms with Crippen molar-refractivity contribution in [2.75, 3.05) is 6.61 Å². The molecule has 0 unspecified atom stereocenters. The molecule has 0 aromatic rings. The van der Waals surface area contributed by atoms with Crippen LogP contribution in [0.4, 0.5) is 0 Å². The van der Waals surface area contributed by atoms with E-state index in [-0.39, 0.29) is 19.4 Å². The van der Waals surface area contributed by atoms with Gasteiger partial charge in [-0.1, -0.05) is 90.3 Å². The fraction of sp³-hybridized carbons (Fsp3) is 1.00. The molecule has 3 heteroatoms. The zero-order valence-corrected chi connectivity index (χ0v) is 14.0. The van der Waals surface area contributed by atoms with E-state index < -0.39 is 12.1 Å². The minimum Gasteiger partial charge on any atom is -0.395 e. The Balaban J connectivity index is 3.53. The predicted octanol–water partition coefficient (Wildman–Crippen LogP) is 4.15. The van der Waals surface area contributed by atoms with E-state index in [9.17, 15) is 5.11 Å². The Morgan fingerprint density at radius 3 is 1.86 bits per heavy atom. The highest BCUT2D eigenvalue weighted by atomic mass is 16.3. The summed E-state index contributed by atoms with van der Waals surface area (Å²) in [6, 6.07) is -0.567. The van der Waals surface area contributed by atoms with E-state index in [1.807, 2.05) is 0 Å². The molecule has 0 aromatic heterocycles. The van der Waals surface area contributed by atoms with Crippen LogP contribution < -0.4 is 5.73 Å². The van der Waals surface area contributed by atoms with E-state index in [2.05, 4.69) is 6.92 Å². The third kappa shape index (κ3) is 14.6. The van der Waals surface area contributed by atoms with E-state index >= 15 is 0 Å². The Morgan fingerprint density at radius 2 is 1.33 bits per heavy atom. The summed E-state index contributed by atoms with van der Waals surface area (Å²) in [6.07, 6.45) is 11.2. The minimum absolute atomic E-state index is 0.199. The molecule has 0 saturated heterocycles. The van der Waals surface area contributed by atoms with Gasteiger partial charge in [0.25, 0.3) is 0 Å². The molecule has 0 bridgehead atoms. The molecule has 4 N–H and O–H groups in total. The molecular weight excluding hydrogens is 262 g/mol. The number of hydrogen-bond acceptors (Lipinski definition) is 3. The molecule has 4 atom stereocenters. The summed E-state index contributed by atoms with van der Waals surface area (Å²) in [7, 11) is 0. The smallest absolute Gasteiger partial charge is 0.0713 e. The van der Waals surface area contributed by atoms with Gasteiger partial charge in [0.15, 0.2) is 0 Å². The third-order valence-corrected chi connectivity index (χ3v) is 3.97. The van der Waals surface area contributed by atoms with Gasteiger partial charge in [-0.2, -0.15) is 0 Å². The maximum atomic E-state index is 9.64. The van der Waals surface area contributed by atoms with Crippen LogP contribution in [-0.2, 0) is 0 Å². The van der Waals surface area contributed by atoms with Gasteiger partial charge in [0.2, 0.25) is 0 Å². The van der Waals surface area contributed by atoms with E-state index in [0.29, 0.717) is 12.8 Å². The molecule has 0 aliphatic carbocycles. The lowest BCUT2D eigenvalue weighted by molar-refractivity contribution is 0.0990. The van der Waals surface area contributed by atoms with Crippen molar-refractivity contribution in [2.45, 2.75) is 109 Å². The van der Waals surface area contributed by atoms with E-state index in [0.717, 1.165) is 25.7 Å². The average Bonchev–Trinajstić information content (AvgIpc) is 2.56. The van der Waals surface area contributed by atoms with Crippen molar-refractivity contribution in [3.63, 3.8) is 0 Å². The minimum atomic E-state index is -0.663. The molecule has 0 aliphatic rings. The summed E-state index contributed by atoms with van der Waals surface area (Å²) in [5.74, 6) is 0. The molecule has 0 aromatic carbocycles. The van der Waals surface area contributed by atoms with Crippen LogP contribution in [0.2, 0.25) is 0 Å². The number of rotatable bonds is 16.